The molecule has 0 bridgehead atoms. The number of esters is 1. The molecular weight excluding hydrogens is 514 g/mol. The van der Waals surface area contributed by atoms with Gasteiger partial charge in [-0.3, -0.25) is 14.4 Å². The Kier molecular flexibility index (Phi) is 11.5. The minimum Gasteiger partial charge on any atom is -0.508 e. The third-order valence-corrected chi connectivity index (χ3v) is 6.00. The molecule has 0 saturated heterocycles. The number of carbonyl (C=O) groups excluding carboxylic acids is 4. The molecule has 2 aromatic rings. The molecule has 2 unspecified atom stereocenters. The number of phenols is 1. The number of hydrogen-bond acceptors (Lipinski definition) is 7. The normalized spacial score (nSPS) is 12.6. The van der Waals surface area contributed by atoms with Crippen molar-refractivity contribution in [3.63, 3.8) is 0 Å². The average Bonchev–Trinajstić information content (AvgIpc) is 2.85. The van der Waals surface area contributed by atoms with Crippen LogP contribution in [0.15, 0.2) is 42.5 Å². The lowest BCUT2D eigenvalue weighted by Crippen LogP contribution is -2.52. The Morgan fingerprint density at radius 2 is 1.68 bits per heavy atom. The molecule has 10 heteroatoms. The highest BCUT2D eigenvalue weighted by atomic mass is 16.6. The Balaban J connectivity index is 2.40. The molecule has 0 aliphatic heterocycles. The van der Waals surface area contributed by atoms with Gasteiger partial charge in [0.15, 0.2) is 0 Å². The summed E-state index contributed by atoms with van der Waals surface area (Å²) in [6.45, 7) is 10.9. The maximum absolute atomic E-state index is 13.9. The van der Waals surface area contributed by atoms with E-state index in [0.29, 0.717) is 11.1 Å². The van der Waals surface area contributed by atoms with Crippen LogP contribution in [-0.4, -0.2) is 65.7 Å². The fourth-order valence-corrected chi connectivity index (χ4v) is 4.17. The van der Waals surface area contributed by atoms with Gasteiger partial charge in [-0.1, -0.05) is 35.9 Å². The van der Waals surface area contributed by atoms with Crippen LogP contribution in [-0.2, 0) is 30.3 Å². The van der Waals surface area contributed by atoms with Gasteiger partial charge in [-0.05, 0) is 70.4 Å². The predicted molar refractivity (Wildman–Crippen MR) is 151 cm³/mol. The monoisotopic (exact) mass is 555 g/mol. The molecule has 0 saturated carbocycles. The van der Waals surface area contributed by atoms with Crippen molar-refractivity contribution >= 4 is 23.9 Å². The van der Waals surface area contributed by atoms with Gasteiger partial charge in [0.05, 0.1) is 13.0 Å². The Hall–Kier alpha value is -4.08. The molecule has 2 atom stereocenters. The lowest BCUT2D eigenvalue weighted by Gasteiger charge is -2.32. The van der Waals surface area contributed by atoms with Crippen molar-refractivity contribution in [1.29, 1.82) is 0 Å². The number of aryl methyl sites for hydroxylation is 2. The number of ether oxygens (including phenoxy) is 2. The zero-order valence-corrected chi connectivity index (χ0v) is 24.4. The number of nitrogens with zero attached hydrogens (tertiary/aromatic N) is 1. The van der Waals surface area contributed by atoms with E-state index in [2.05, 4.69) is 10.6 Å². The van der Waals surface area contributed by atoms with Crippen LogP contribution in [0.4, 0.5) is 4.79 Å². The van der Waals surface area contributed by atoms with Gasteiger partial charge in [0, 0.05) is 20.0 Å². The summed E-state index contributed by atoms with van der Waals surface area (Å²) in [4.78, 5) is 53.2. The zero-order chi connectivity index (χ0) is 30.0. The Morgan fingerprint density at radius 3 is 2.25 bits per heavy atom. The third kappa shape index (κ3) is 9.91. The lowest BCUT2D eigenvalue weighted by molar-refractivity contribution is -0.143. The van der Waals surface area contributed by atoms with Crippen LogP contribution in [0.1, 0.15) is 62.4 Å². The van der Waals surface area contributed by atoms with E-state index in [1.807, 2.05) is 26.0 Å². The maximum Gasteiger partial charge on any atom is 0.408 e. The van der Waals surface area contributed by atoms with Crippen molar-refractivity contribution in [3.05, 3.63) is 64.7 Å². The van der Waals surface area contributed by atoms with E-state index < -0.39 is 41.6 Å². The third-order valence-electron chi connectivity index (χ3n) is 6.00. The van der Waals surface area contributed by atoms with E-state index >= 15 is 0 Å². The standard InChI is InChI=1S/C30H41N3O7/c1-8-39-25(35)15-16-31-27(36)26(23-14-9-19(2)17-20(23)3)33(7)28(37)24(32-29(38)40-30(4,5)6)18-21-10-12-22(34)13-11-21/h9-14,17,24,26,34H,8,15-16,18H2,1-7H3,(H,31,36)(H,32,38). The number of amides is 3. The highest BCUT2D eigenvalue weighted by Gasteiger charge is 2.35. The number of aromatic hydroxyl groups is 1. The van der Waals surface area contributed by atoms with Crippen LogP contribution in [0.2, 0.25) is 0 Å². The molecule has 0 aromatic heterocycles. The number of likely N-dealkylation sites (N-methyl/N-ethyl adjacent to an activating group) is 1. The van der Waals surface area contributed by atoms with Crippen molar-refractivity contribution in [1.82, 2.24) is 15.5 Å². The second kappa shape index (κ2) is 14.3. The topological polar surface area (TPSA) is 134 Å². The highest BCUT2D eigenvalue weighted by Crippen LogP contribution is 2.26. The average molecular weight is 556 g/mol. The molecule has 40 heavy (non-hydrogen) atoms. The molecule has 0 radical (unpaired) electrons. The Morgan fingerprint density at radius 1 is 1.02 bits per heavy atom. The summed E-state index contributed by atoms with van der Waals surface area (Å²) < 4.78 is 10.3. The van der Waals surface area contributed by atoms with Crippen molar-refractivity contribution in [3.8, 4) is 5.75 Å². The van der Waals surface area contributed by atoms with Gasteiger partial charge >= 0.3 is 12.1 Å². The van der Waals surface area contributed by atoms with E-state index in [1.54, 1.807) is 45.9 Å². The predicted octanol–water partition coefficient (Wildman–Crippen LogP) is 3.71. The van der Waals surface area contributed by atoms with Crippen LogP contribution in [0.25, 0.3) is 0 Å². The van der Waals surface area contributed by atoms with Crippen molar-refractivity contribution in [2.24, 2.45) is 0 Å². The molecule has 10 nitrogen and oxygen atoms in total. The molecule has 2 rings (SSSR count). The van der Waals surface area contributed by atoms with E-state index in [9.17, 15) is 24.3 Å². The smallest absolute Gasteiger partial charge is 0.408 e. The number of alkyl carbamates (subject to hydrolysis) is 1. The van der Waals surface area contributed by atoms with Gasteiger partial charge in [0.1, 0.15) is 23.4 Å². The first-order chi connectivity index (χ1) is 18.7. The summed E-state index contributed by atoms with van der Waals surface area (Å²) in [5.74, 6) is -1.37. The summed E-state index contributed by atoms with van der Waals surface area (Å²) >= 11 is 0. The van der Waals surface area contributed by atoms with Crippen LogP contribution >= 0.6 is 0 Å². The molecule has 0 aliphatic carbocycles. The van der Waals surface area contributed by atoms with Crippen molar-refractivity contribution in [2.45, 2.75) is 72.1 Å². The minimum absolute atomic E-state index is 0.0134. The van der Waals surface area contributed by atoms with Crippen LogP contribution < -0.4 is 10.6 Å². The minimum atomic E-state index is -1.08. The first kappa shape index (κ1) is 32.1. The fourth-order valence-electron chi connectivity index (χ4n) is 4.17. The van der Waals surface area contributed by atoms with E-state index in [1.165, 1.54) is 24.1 Å². The SMILES string of the molecule is CCOC(=O)CCNC(=O)C(c1ccc(C)cc1C)N(C)C(=O)C(Cc1ccc(O)cc1)NC(=O)OC(C)(C)C. The van der Waals surface area contributed by atoms with Gasteiger partial charge in [-0.15, -0.1) is 0 Å². The number of nitrogens with one attached hydrogen (secondary N) is 2. The Labute approximate surface area is 236 Å². The first-order valence-electron chi connectivity index (χ1n) is 13.3. The van der Waals surface area contributed by atoms with Crippen LogP contribution in [0.3, 0.4) is 0 Å². The molecule has 218 valence electrons. The van der Waals surface area contributed by atoms with E-state index in [0.717, 1.165) is 11.1 Å². The van der Waals surface area contributed by atoms with E-state index in [-0.39, 0.29) is 31.7 Å². The summed E-state index contributed by atoms with van der Waals surface area (Å²) in [5, 5.41) is 15.1. The zero-order valence-electron chi connectivity index (χ0n) is 24.4. The molecule has 0 fully saturated rings. The maximum atomic E-state index is 13.9. The van der Waals surface area contributed by atoms with Crippen molar-refractivity contribution < 1.29 is 33.8 Å². The quantitative estimate of drug-likeness (QED) is 0.360. The number of carbonyl (C=O) groups is 4. The second-order valence-electron chi connectivity index (χ2n) is 10.6. The Bertz CT molecular complexity index is 1190. The van der Waals surface area contributed by atoms with Crippen LogP contribution in [0.5, 0.6) is 5.75 Å². The van der Waals surface area contributed by atoms with Gasteiger partial charge in [0.25, 0.3) is 0 Å². The van der Waals surface area contributed by atoms with Gasteiger partial charge in [-0.25, -0.2) is 4.79 Å². The van der Waals surface area contributed by atoms with E-state index in [4.69, 9.17) is 9.47 Å². The summed E-state index contributed by atoms with van der Waals surface area (Å²) in [7, 11) is 1.50. The van der Waals surface area contributed by atoms with Crippen LogP contribution in [0, 0.1) is 13.8 Å². The van der Waals surface area contributed by atoms with Gasteiger partial charge in [0.2, 0.25) is 11.8 Å². The first-order valence-corrected chi connectivity index (χ1v) is 13.3. The van der Waals surface area contributed by atoms with Gasteiger partial charge in [-0.2, -0.15) is 0 Å². The molecule has 3 amide bonds. The number of benzene rings is 2. The summed E-state index contributed by atoms with van der Waals surface area (Å²) in [5.41, 5.74) is 2.30. The number of rotatable bonds is 11. The second-order valence-corrected chi connectivity index (χ2v) is 10.6. The molecule has 3 N–H and O–H groups in total. The summed E-state index contributed by atoms with van der Waals surface area (Å²) in [6, 6.07) is 9.72. The molecular formula is C30H41N3O7. The lowest BCUT2D eigenvalue weighted by atomic mass is 9.96. The number of phenolic OH excluding ortho intramolecular Hbond substituents is 1. The van der Waals surface area contributed by atoms with Gasteiger partial charge < -0.3 is 30.1 Å². The number of hydrogen-bond donors (Lipinski definition) is 3. The summed E-state index contributed by atoms with van der Waals surface area (Å²) in [6.07, 6.45) is -0.701. The largest absolute Gasteiger partial charge is 0.508 e. The molecule has 2 aromatic carbocycles. The fraction of sp³-hybridized carbons (Fsp3) is 0.467. The van der Waals surface area contributed by atoms with Crippen molar-refractivity contribution in [2.75, 3.05) is 20.2 Å². The molecule has 0 heterocycles. The highest BCUT2D eigenvalue weighted by molar-refractivity contribution is 5.92. The molecule has 0 spiro atoms. The molecule has 0 aliphatic rings.